The van der Waals surface area contributed by atoms with Crippen LogP contribution in [0.4, 0.5) is 20.6 Å². The second kappa shape index (κ2) is 10.4. The van der Waals surface area contributed by atoms with E-state index in [0.29, 0.717) is 11.4 Å². The molecule has 0 aliphatic heterocycles. The quantitative estimate of drug-likeness (QED) is 0.205. The van der Waals surface area contributed by atoms with Gasteiger partial charge < -0.3 is 14.8 Å². The van der Waals surface area contributed by atoms with E-state index in [1.165, 1.54) is 60.7 Å². The van der Waals surface area contributed by atoms with Crippen LogP contribution in [0.5, 0.6) is 11.5 Å². The molecule has 3 aromatic rings. The monoisotopic (exact) mass is 457 g/mol. The first-order valence-electron chi connectivity index (χ1n) is 9.36. The van der Waals surface area contributed by atoms with Crippen LogP contribution in [-0.4, -0.2) is 23.5 Å². The lowest BCUT2D eigenvalue weighted by molar-refractivity contribution is -0.384. The Morgan fingerprint density at radius 3 is 2.50 bits per heavy atom. The van der Waals surface area contributed by atoms with E-state index in [9.17, 15) is 19.3 Å². The molecule has 0 aromatic heterocycles. The molecular formula is C22H17ClFN3O5. The number of nitrogens with zero attached hydrogens (tertiary/aromatic N) is 2. The van der Waals surface area contributed by atoms with Gasteiger partial charge in [0.15, 0.2) is 0 Å². The Morgan fingerprint density at radius 2 is 1.88 bits per heavy atom. The molecule has 0 aliphatic carbocycles. The highest BCUT2D eigenvalue weighted by molar-refractivity contribution is 6.32. The zero-order chi connectivity index (χ0) is 23.1. The van der Waals surface area contributed by atoms with E-state index >= 15 is 0 Å². The van der Waals surface area contributed by atoms with E-state index in [2.05, 4.69) is 10.3 Å². The summed E-state index contributed by atoms with van der Waals surface area (Å²) >= 11 is 6.22. The number of rotatable bonds is 6. The van der Waals surface area contributed by atoms with Gasteiger partial charge in [0.05, 0.1) is 22.1 Å². The van der Waals surface area contributed by atoms with Crippen molar-refractivity contribution in [2.75, 3.05) is 11.9 Å². The summed E-state index contributed by atoms with van der Waals surface area (Å²) in [6.07, 6.45) is 0. The van der Waals surface area contributed by atoms with E-state index in [1.807, 2.05) is 0 Å². The van der Waals surface area contributed by atoms with E-state index in [0.717, 1.165) is 0 Å². The van der Waals surface area contributed by atoms with Gasteiger partial charge in [-0.05, 0) is 49.4 Å². The first-order valence-corrected chi connectivity index (χ1v) is 9.74. The maximum absolute atomic E-state index is 14.0. The minimum atomic E-state index is -0.781. The predicted octanol–water partition coefficient (Wildman–Crippen LogP) is 6.19. The molecule has 0 aliphatic rings. The van der Waals surface area contributed by atoms with Crippen LogP contribution >= 0.6 is 11.6 Å². The van der Waals surface area contributed by atoms with Crippen molar-refractivity contribution in [2.45, 2.75) is 6.92 Å². The molecule has 0 spiro atoms. The van der Waals surface area contributed by atoms with Crippen LogP contribution in [0.15, 0.2) is 71.7 Å². The lowest BCUT2D eigenvalue weighted by Gasteiger charge is -2.10. The number of nitro groups is 1. The maximum Gasteiger partial charge on any atom is 0.348 e. The minimum Gasteiger partial charge on any atom is -0.477 e. The number of anilines is 1. The number of urea groups is 1. The highest BCUT2D eigenvalue weighted by Crippen LogP contribution is 2.32. The molecule has 0 atom stereocenters. The third kappa shape index (κ3) is 5.79. The molecule has 2 amide bonds. The molecule has 0 saturated carbocycles. The Kier molecular flexibility index (Phi) is 7.35. The van der Waals surface area contributed by atoms with Crippen LogP contribution in [0.1, 0.15) is 12.5 Å². The van der Waals surface area contributed by atoms with Gasteiger partial charge in [-0.25, -0.2) is 9.18 Å². The summed E-state index contributed by atoms with van der Waals surface area (Å²) in [4.78, 5) is 26.3. The molecule has 1 N–H and O–H groups in total. The van der Waals surface area contributed by atoms with Crippen molar-refractivity contribution in [1.82, 2.24) is 0 Å². The van der Waals surface area contributed by atoms with Crippen molar-refractivity contribution in [3.63, 3.8) is 0 Å². The summed E-state index contributed by atoms with van der Waals surface area (Å²) in [5, 5.41) is 13.4. The van der Waals surface area contributed by atoms with Gasteiger partial charge in [0.1, 0.15) is 17.3 Å². The Morgan fingerprint density at radius 1 is 1.16 bits per heavy atom. The van der Waals surface area contributed by atoms with Gasteiger partial charge in [0, 0.05) is 17.8 Å². The van der Waals surface area contributed by atoms with E-state index in [1.54, 1.807) is 13.0 Å². The first kappa shape index (κ1) is 22.7. The van der Waals surface area contributed by atoms with Crippen molar-refractivity contribution < 1.29 is 23.6 Å². The molecule has 3 rings (SSSR count). The van der Waals surface area contributed by atoms with Gasteiger partial charge >= 0.3 is 6.03 Å². The van der Waals surface area contributed by atoms with Gasteiger partial charge in [-0.3, -0.25) is 10.1 Å². The molecule has 0 radical (unpaired) electrons. The molecule has 0 bridgehead atoms. The molecule has 0 unspecified atom stereocenters. The smallest absolute Gasteiger partial charge is 0.348 e. The van der Waals surface area contributed by atoms with E-state index < -0.39 is 16.8 Å². The van der Waals surface area contributed by atoms with Crippen LogP contribution in [0.3, 0.4) is 0 Å². The van der Waals surface area contributed by atoms with Gasteiger partial charge in [-0.15, -0.1) is 0 Å². The van der Waals surface area contributed by atoms with E-state index in [-0.39, 0.29) is 34.5 Å². The fourth-order valence-electron chi connectivity index (χ4n) is 2.61. The average molecular weight is 458 g/mol. The Labute approximate surface area is 187 Å². The molecule has 164 valence electrons. The Balaban J connectivity index is 1.72. The molecule has 3 aromatic carbocycles. The van der Waals surface area contributed by atoms with Crippen molar-refractivity contribution in [3.8, 4) is 11.5 Å². The summed E-state index contributed by atoms with van der Waals surface area (Å²) in [6.45, 7) is 1.89. The largest absolute Gasteiger partial charge is 0.477 e. The number of hydrogen-bond acceptors (Lipinski definition) is 5. The maximum atomic E-state index is 14.0. The summed E-state index contributed by atoms with van der Waals surface area (Å²) in [5.74, 6) is -0.0795. The summed E-state index contributed by atoms with van der Waals surface area (Å²) in [5.41, 5.74) is 0.322. The van der Waals surface area contributed by atoms with Crippen molar-refractivity contribution in [3.05, 3.63) is 93.2 Å². The van der Waals surface area contributed by atoms with Crippen molar-refractivity contribution in [2.24, 2.45) is 4.99 Å². The van der Waals surface area contributed by atoms with Crippen molar-refractivity contribution in [1.29, 1.82) is 0 Å². The second-order valence-electron chi connectivity index (χ2n) is 6.26. The first-order chi connectivity index (χ1) is 15.4. The molecule has 0 fully saturated rings. The zero-order valence-electron chi connectivity index (χ0n) is 16.7. The molecular weight excluding hydrogens is 441 g/mol. The van der Waals surface area contributed by atoms with E-state index in [4.69, 9.17) is 21.1 Å². The SMILES string of the molecule is CCO/C(=N\C(=O)Nc1ccc(Oc2ccc([N+](=O)[O-])cc2)c(Cl)c1)c1ccccc1F. The number of ether oxygens (including phenoxy) is 2. The average Bonchev–Trinajstić information content (AvgIpc) is 2.76. The van der Waals surface area contributed by atoms with Crippen LogP contribution in [0, 0.1) is 15.9 Å². The normalized spacial score (nSPS) is 11.0. The van der Waals surface area contributed by atoms with Crippen LogP contribution in [0.25, 0.3) is 0 Å². The fourth-order valence-corrected chi connectivity index (χ4v) is 2.83. The number of nitrogens with one attached hydrogen (secondary N) is 1. The van der Waals surface area contributed by atoms with Crippen LogP contribution < -0.4 is 10.1 Å². The number of carbonyl (C=O) groups is 1. The number of aliphatic imine (C=N–C) groups is 1. The highest BCUT2D eigenvalue weighted by Gasteiger charge is 2.14. The third-order valence-corrected chi connectivity index (χ3v) is 4.34. The minimum absolute atomic E-state index is 0.0642. The number of carbonyl (C=O) groups excluding carboxylic acids is 1. The van der Waals surface area contributed by atoms with Crippen molar-refractivity contribution >= 4 is 34.9 Å². The van der Waals surface area contributed by atoms with Gasteiger partial charge in [0.25, 0.3) is 5.69 Å². The summed E-state index contributed by atoms with van der Waals surface area (Å²) < 4.78 is 24.9. The lowest BCUT2D eigenvalue weighted by atomic mass is 10.2. The number of nitro benzene ring substituents is 1. The van der Waals surface area contributed by atoms with Crippen LogP contribution in [-0.2, 0) is 4.74 Å². The molecule has 10 heteroatoms. The van der Waals surface area contributed by atoms with Gasteiger partial charge in [-0.2, -0.15) is 4.99 Å². The summed E-state index contributed by atoms with van der Waals surface area (Å²) in [7, 11) is 0. The topological polar surface area (TPSA) is 103 Å². The number of amides is 2. The van der Waals surface area contributed by atoms with Gasteiger partial charge in [0.2, 0.25) is 5.90 Å². The number of hydrogen-bond donors (Lipinski definition) is 1. The van der Waals surface area contributed by atoms with Gasteiger partial charge in [-0.1, -0.05) is 23.7 Å². The second-order valence-corrected chi connectivity index (χ2v) is 6.67. The predicted molar refractivity (Wildman–Crippen MR) is 118 cm³/mol. The molecule has 32 heavy (non-hydrogen) atoms. The Hall–Kier alpha value is -3.98. The van der Waals surface area contributed by atoms with Crippen LogP contribution in [0.2, 0.25) is 5.02 Å². The fraction of sp³-hybridized carbons (Fsp3) is 0.0909. The zero-order valence-corrected chi connectivity index (χ0v) is 17.5. The molecule has 8 nitrogen and oxygen atoms in total. The summed E-state index contributed by atoms with van der Waals surface area (Å²) in [6, 6.07) is 15.0. The third-order valence-electron chi connectivity index (χ3n) is 4.05. The standard InChI is InChI=1S/C22H17ClFN3O5/c1-2-31-21(17-5-3-4-6-19(17)24)26-22(28)25-14-7-12-20(18(23)13-14)32-16-10-8-15(9-11-16)27(29)30/h3-13H,2H2,1H3,(H,25,28)/b26-21-. The highest BCUT2D eigenvalue weighted by atomic mass is 35.5. The lowest BCUT2D eigenvalue weighted by Crippen LogP contribution is -2.15. The number of non-ortho nitro benzene ring substituents is 1. The number of benzene rings is 3. The Bertz CT molecular complexity index is 1170. The molecule has 0 saturated heterocycles. The number of halogens is 2. The molecule has 0 heterocycles.